The topological polar surface area (TPSA) is 8.17 Å². The molecular weight excluding hydrogens is 677 g/mol. The van der Waals surface area contributed by atoms with Gasteiger partial charge in [0, 0.05) is 33.5 Å². The van der Waals surface area contributed by atoms with Crippen LogP contribution in [0.15, 0.2) is 230 Å². The van der Waals surface area contributed by atoms with E-state index >= 15 is 0 Å². The number of aromatic nitrogens is 1. The molecule has 0 saturated heterocycles. The zero-order valence-electron chi connectivity index (χ0n) is 35.4. The molecule has 0 unspecified atom stereocenters. The van der Waals surface area contributed by atoms with E-state index in [0.717, 1.165) is 72.2 Å². The van der Waals surface area contributed by atoms with Gasteiger partial charge in [-0.25, -0.2) is 0 Å². The minimum Gasteiger partial charge on any atom is -0.310 e. The number of benzene rings is 9. The van der Waals surface area contributed by atoms with Gasteiger partial charge in [-0.3, -0.25) is 0 Å². The highest BCUT2D eigenvalue weighted by Crippen LogP contribution is 2.41. The molecule has 0 aliphatic carbocycles. The van der Waals surface area contributed by atoms with E-state index in [9.17, 15) is 0 Å². The monoisotopic (exact) mass is 719 g/mol. The molecule has 0 aliphatic heterocycles. The molecule has 10 aromatic rings. The Labute approximate surface area is 334 Å². The molecule has 10 rings (SSSR count). The molecule has 0 radical (unpaired) electrons. The normalized spacial score (nSPS) is 12.5. The summed E-state index contributed by atoms with van der Waals surface area (Å²) >= 11 is 0. The Morgan fingerprint density at radius 3 is 1.52 bits per heavy atom. The van der Waals surface area contributed by atoms with Crippen molar-refractivity contribution in [2.75, 3.05) is 4.90 Å². The largest absolute Gasteiger partial charge is 0.310 e. The van der Waals surface area contributed by atoms with Gasteiger partial charge in [-0.1, -0.05) is 164 Å². The fraction of sp³-hybridized carbons (Fsp3) is 0. The maximum absolute atomic E-state index is 8.85. The molecule has 264 valence electrons. The summed E-state index contributed by atoms with van der Waals surface area (Å²) in [5, 5.41) is 1.87. The highest BCUT2D eigenvalue weighted by Gasteiger charge is 2.18. The SMILES string of the molecule is [2H]c1c([2H])c([2H])c(-n2c3ccccc3c3c(-c4cccc(-c5cccc(N(c6ccc(-c7ccccc7)cc6)c6ccc(-c7ccccc7)cc6)c5)c4)cccc32)c([2H])c1[2H]. The lowest BCUT2D eigenvalue weighted by Crippen LogP contribution is -2.10. The first-order valence-corrected chi connectivity index (χ1v) is 18.8. The lowest BCUT2D eigenvalue weighted by molar-refractivity contribution is 1.18. The van der Waals surface area contributed by atoms with Gasteiger partial charge < -0.3 is 9.47 Å². The van der Waals surface area contributed by atoms with Crippen molar-refractivity contribution < 1.29 is 6.85 Å². The van der Waals surface area contributed by atoms with E-state index in [4.69, 9.17) is 6.85 Å². The van der Waals surface area contributed by atoms with E-state index in [1.54, 1.807) is 0 Å². The number of para-hydroxylation sites is 2. The van der Waals surface area contributed by atoms with Gasteiger partial charge in [-0.15, -0.1) is 0 Å². The Kier molecular flexibility index (Phi) is 7.24. The fourth-order valence-electron chi connectivity index (χ4n) is 7.86. The molecule has 0 fully saturated rings. The summed E-state index contributed by atoms with van der Waals surface area (Å²) in [4.78, 5) is 2.30. The van der Waals surface area contributed by atoms with Crippen molar-refractivity contribution in [3.63, 3.8) is 0 Å². The van der Waals surface area contributed by atoms with Gasteiger partial charge in [0.1, 0.15) is 0 Å². The summed E-state index contributed by atoms with van der Waals surface area (Å²) in [7, 11) is 0. The second kappa shape index (κ2) is 14.4. The lowest BCUT2D eigenvalue weighted by Gasteiger charge is -2.26. The summed E-state index contributed by atoms with van der Waals surface area (Å²) in [6.07, 6.45) is 0. The number of rotatable bonds is 8. The zero-order valence-corrected chi connectivity index (χ0v) is 30.4. The number of fused-ring (bicyclic) bond motifs is 3. The zero-order chi connectivity index (χ0) is 41.6. The molecule has 9 aromatic carbocycles. The third kappa shape index (κ3) is 6.14. The summed E-state index contributed by atoms with van der Waals surface area (Å²) in [5.74, 6) is 0. The van der Waals surface area contributed by atoms with Gasteiger partial charge in [0.25, 0.3) is 0 Å². The van der Waals surface area contributed by atoms with Crippen molar-refractivity contribution in [1.82, 2.24) is 4.57 Å². The standard InChI is InChI=1S/C54H38N2/c1-4-15-39(16-5-1)41-29-33-47(34-30-41)55(48-35-31-42(32-36-48)40-17-6-2-7-18-40)49-24-13-20-44(38-49)43-19-12-21-45(37-43)50-26-14-28-53-54(50)51-25-10-11-27-52(51)56(53)46-22-8-3-9-23-46/h1-38H/i3D,8D,9D,22D,23D. The fourth-order valence-corrected chi connectivity index (χ4v) is 7.86. The van der Waals surface area contributed by atoms with Gasteiger partial charge in [0.2, 0.25) is 0 Å². The van der Waals surface area contributed by atoms with Crippen molar-refractivity contribution in [2.45, 2.75) is 0 Å². The van der Waals surface area contributed by atoms with Crippen LogP contribution in [0.4, 0.5) is 17.1 Å². The molecule has 1 heterocycles. The van der Waals surface area contributed by atoms with E-state index in [0.29, 0.717) is 0 Å². The Morgan fingerprint density at radius 2 is 0.857 bits per heavy atom. The van der Waals surface area contributed by atoms with Crippen molar-refractivity contribution in [3.05, 3.63) is 230 Å². The van der Waals surface area contributed by atoms with E-state index in [-0.39, 0.29) is 29.9 Å². The van der Waals surface area contributed by atoms with Gasteiger partial charge in [0.15, 0.2) is 0 Å². The van der Waals surface area contributed by atoms with Crippen molar-refractivity contribution in [3.8, 4) is 50.2 Å². The molecule has 0 atom stereocenters. The second-order valence-electron chi connectivity index (χ2n) is 13.8. The third-order valence-electron chi connectivity index (χ3n) is 10.5. The highest BCUT2D eigenvalue weighted by atomic mass is 15.1. The summed E-state index contributed by atoms with van der Waals surface area (Å²) < 4.78 is 44.6. The minimum atomic E-state index is -0.411. The highest BCUT2D eigenvalue weighted by molar-refractivity contribution is 6.15. The Morgan fingerprint density at radius 1 is 0.357 bits per heavy atom. The third-order valence-corrected chi connectivity index (χ3v) is 10.5. The first-order chi connectivity index (χ1) is 29.9. The Hall–Kier alpha value is -7.42. The van der Waals surface area contributed by atoms with Crippen LogP contribution in [0.25, 0.3) is 72.0 Å². The maximum atomic E-state index is 8.85. The molecule has 0 bridgehead atoms. The molecule has 2 heteroatoms. The Balaban J connectivity index is 1.08. The molecule has 2 nitrogen and oxygen atoms in total. The minimum absolute atomic E-state index is 0.133. The van der Waals surface area contributed by atoms with Crippen LogP contribution >= 0.6 is 0 Å². The molecule has 1 aromatic heterocycles. The van der Waals surface area contributed by atoms with Crippen LogP contribution in [0.1, 0.15) is 6.85 Å². The van der Waals surface area contributed by atoms with Gasteiger partial charge in [-0.2, -0.15) is 0 Å². The molecule has 0 amide bonds. The summed E-state index contributed by atoms with van der Waals surface area (Å²) in [6.45, 7) is 0. The summed E-state index contributed by atoms with van der Waals surface area (Å²) in [6, 6.07) is 67.7. The smallest absolute Gasteiger partial charge is 0.0645 e. The van der Waals surface area contributed by atoms with E-state index in [1.807, 2.05) is 53.1 Å². The van der Waals surface area contributed by atoms with E-state index in [2.05, 4.69) is 157 Å². The van der Waals surface area contributed by atoms with Crippen molar-refractivity contribution in [2.24, 2.45) is 0 Å². The van der Waals surface area contributed by atoms with Crippen LogP contribution in [0, 0.1) is 0 Å². The molecule has 0 spiro atoms. The lowest BCUT2D eigenvalue weighted by atomic mass is 9.95. The first-order valence-electron chi connectivity index (χ1n) is 21.3. The average Bonchev–Trinajstić information content (AvgIpc) is 3.66. The van der Waals surface area contributed by atoms with Crippen LogP contribution < -0.4 is 4.90 Å². The van der Waals surface area contributed by atoms with Crippen molar-refractivity contribution >= 4 is 38.9 Å². The van der Waals surface area contributed by atoms with E-state index in [1.165, 1.54) is 11.1 Å². The second-order valence-corrected chi connectivity index (χ2v) is 13.8. The van der Waals surface area contributed by atoms with Crippen molar-refractivity contribution in [1.29, 1.82) is 0 Å². The average molecular weight is 720 g/mol. The van der Waals surface area contributed by atoms with Gasteiger partial charge >= 0.3 is 0 Å². The summed E-state index contributed by atoms with van der Waals surface area (Å²) in [5.41, 5.74) is 13.5. The van der Waals surface area contributed by atoms with E-state index < -0.39 is 6.04 Å². The van der Waals surface area contributed by atoms with Crippen LogP contribution in [-0.4, -0.2) is 4.57 Å². The maximum Gasteiger partial charge on any atom is 0.0645 e. The van der Waals surface area contributed by atoms with Gasteiger partial charge in [-0.05, 0) is 111 Å². The number of nitrogens with zero attached hydrogens (tertiary/aromatic N) is 2. The number of hydrogen-bond acceptors (Lipinski definition) is 1. The van der Waals surface area contributed by atoms with Crippen LogP contribution in [0.3, 0.4) is 0 Å². The predicted octanol–water partition coefficient (Wildman–Crippen LogP) is 14.9. The van der Waals surface area contributed by atoms with Gasteiger partial charge in [0.05, 0.1) is 17.9 Å². The van der Waals surface area contributed by atoms with Crippen LogP contribution in [-0.2, 0) is 0 Å². The Bertz CT molecular complexity index is 3120. The first kappa shape index (κ1) is 28.1. The van der Waals surface area contributed by atoms with Crippen LogP contribution in [0.5, 0.6) is 0 Å². The number of anilines is 3. The molecular formula is C54H38N2. The van der Waals surface area contributed by atoms with Crippen LogP contribution in [0.2, 0.25) is 0 Å². The molecule has 0 aliphatic rings. The predicted molar refractivity (Wildman–Crippen MR) is 237 cm³/mol. The number of hydrogen-bond donors (Lipinski definition) is 0. The quantitative estimate of drug-likeness (QED) is 0.152. The molecule has 0 saturated carbocycles. The molecule has 56 heavy (non-hydrogen) atoms. The molecule has 0 N–H and O–H groups in total.